The first-order valence-electron chi connectivity index (χ1n) is 6.14. The number of rotatable bonds is 2. The van der Waals surface area contributed by atoms with Gasteiger partial charge >= 0.3 is 0 Å². The number of fused-ring (bicyclic) bond motifs is 1. The Kier molecular flexibility index (Phi) is 3.03. The third-order valence-electron chi connectivity index (χ3n) is 3.40. The first-order chi connectivity index (χ1) is 9.16. The Morgan fingerprint density at radius 3 is 2.74 bits per heavy atom. The van der Waals surface area contributed by atoms with Crippen molar-refractivity contribution in [3.05, 3.63) is 70.6 Å². The molecule has 0 atom stereocenters. The minimum absolute atomic E-state index is 0.206. The smallest absolute Gasteiger partial charge is 0.142 e. The second-order valence-electron chi connectivity index (χ2n) is 4.66. The van der Waals surface area contributed by atoms with Crippen LogP contribution < -0.4 is 0 Å². The molecule has 0 saturated carbocycles. The summed E-state index contributed by atoms with van der Waals surface area (Å²) in [6.45, 7) is 2.66. The molecule has 0 N–H and O–H groups in total. The lowest BCUT2D eigenvalue weighted by Gasteiger charge is -2.08. The fourth-order valence-corrected chi connectivity index (χ4v) is 2.55. The lowest BCUT2D eigenvalue weighted by atomic mass is 10.1. The molecule has 0 aliphatic heterocycles. The summed E-state index contributed by atoms with van der Waals surface area (Å²) in [6.07, 6.45) is 2.01. The number of hydrogen-bond donors (Lipinski definition) is 0. The Hall–Kier alpha value is -1.80. The quantitative estimate of drug-likeness (QED) is 0.633. The topological polar surface area (TPSA) is 4.93 Å². The maximum atomic E-state index is 13.4. The second-order valence-corrected chi connectivity index (χ2v) is 5.04. The van der Waals surface area contributed by atoms with Crippen molar-refractivity contribution in [1.29, 1.82) is 0 Å². The molecule has 3 heteroatoms. The average Bonchev–Trinajstić information content (AvgIpc) is 2.80. The number of aromatic nitrogens is 1. The molecule has 0 bridgehead atoms. The van der Waals surface area contributed by atoms with Crippen molar-refractivity contribution in [3.63, 3.8) is 0 Å². The van der Waals surface area contributed by atoms with Crippen molar-refractivity contribution in [2.45, 2.75) is 13.5 Å². The molecule has 1 heterocycles. The van der Waals surface area contributed by atoms with E-state index in [2.05, 4.69) is 29.7 Å². The van der Waals surface area contributed by atoms with Crippen molar-refractivity contribution in [1.82, 2.24) is 4.57 Å². The normalized spacial score (nSPS) is 11.1. The number of benzene rings is 2. The van der Waals surface area contributed by atoms with Crippen molar-refractivity contribution in [3.8, 4) is 0 Å². The maximum Gasteiger partial charge on any atom is 0.142 e. The van der Waals surface area contributed by atoms with Crippen LogP contribution in [0.5, 0.6) is 0 Å². The van der Waals surface area contributed by atoms with E-state index in [9.17, 15) is 4.39 Å². The maximum absolute atomic E-state index is 13.4. The highest BCUT2D eigenvalue weighted by Crippen LogP contribution is 2.24. The molecule has 0 aliphatic rings. The van der Waals surface area contributed by atoms with Gasteiger partial charge in [-0.25, -0.2) is 4.39 Å². The molecule has 3 aromatic rings. The van der Waals surface area contributed by atoms with Gasteiger partial charge in [0.05, 0.1) is 5.02 Å². The zero-order valence-corrected chi connectivity index (χ0v) is 11.3. The van der Waals surface area contributed by atoms with Gasteiger partial charge in [0.15, 0.2) is 0 Å². The van der Waals surface area contributed by atoms with Gasteiger partial charge in [-0.1, -0.05) is 35.9 Å². The van der Waals surface area contributed by atoms with Crippen LogP contribution in [0.4, 0.5) is 4.39 Å². The summed E-state index contributed by atoms with van der Waals surface area (Å²) in [6, 6.07) is 13.2. The Labute approximate surface area is 116 Å². The van der Waals surface area contributed by atoms with Crippen molar-refractivity contribution >= 4 is 22.5 Å². The summed E-state index contributed by atoms with van der Waals surface area (Å²) in [7, 11) is 0. The van der Waals surface area contributed by atoms with Crippen LogP contribution in [-0.4, -0.2) is 4.57 Å². The van der Waals surface area contributed by atoms with Gasteiger partial charge < -0.3 is 4.57 Å². The SMILES string of the molecule is Cc1cccc2c1ccn2Cc1cccc(F)c1Cl. The Bertz CT molecular complexity index is 746. The second kappa shape index (κ2) is 4.71. The van der Waals surface area contributed by atoms with Crippen molar-refractivity contribution in [2.75, 3.05) is 0 Å². The van der Waals surface area contributed by atoms with E-state index >= 15 is 0 Å². The Morgan fingerprint density at radius 2 is 1.89 bits per heavy atom. The predicted molar refractivity (Wildman–Crippen MR) is 77.2 cm³/mol. The van der Waals surface area contributed by atoms with Gasteiger partial charge in [-0.05, 0) is 36.2 Å². The monoisotopic (exact) mass is 273 g/mol. The van der Waals surface area contributed by atoms with E-state index in [1.165, 1.54) is 17.0 Å². The van der Waals surface area contributed by atoms with Gasteiger partial charge in [0.25, 0.3) is 0 Å². The molecule has 0 saturated heterocycles. The molecule has 0 radical (unpaired) electrons. The van der Waals surface area contributed by atoms with Crippen LogP contribution in [0.2, 0.25) is 5.02 Å². The van der Waals surface area contributed by atoms with E-state index in [0.717, 1.165) is 11.1 Å². The molecular weight excluding hydrogens is 261 g/mol. The fraction of sp³-hybridized carbons (Fsp3) is 0.125. The molecule has 2 aromatic carbocycles. The largest absolute Gasteiger partial charge is 0.343 e. The first kappa shape index (κ1) is 12.2. The van der Waals surface area contributed by atoms with Crippen LogP contribution in [0.15, 0.2) is 48.7 Å². The number of halogens is 2. The third-order valence-corrected chi connectivity index (χ3v) is 3.83. The summed E-state index contributed by atoms with van der Waals surface area (Å²) in [5.41, 5.74) is 3.17. The zero-order valence-electron chi connectivity index (χ0n) is 10.5. The highest BCUT2D eigenvalue weighted by atomic mass is 35.5. The molecule has 0 unspecified atom stereocenters. The Morgan fingerprint density at radius 1 is 1.11 bits per heavy atom. The standard InChI is InChI=1S/C16H13ClFN/c1-11-4-2-7-15-13(11)8-9-19(15)10-12-5-3-6-14(18)16(12)17/h2-9H,10H2,1H3. The molecular formula is C16H13ClFN. The van der Waals surface area contributed by atoms with E-state index in [4.69, 9.17) is 11.6 Å². The zero-order chi connectivity index (χ0) is 13.4. The van der Waals surface area contributed by atoms with Gasteiger partial charge in [0.2, 0.25) is 0 Å². The van der Waals surface area contributed by atoms with Crippen LogP contribution in [-0.2, 0) is 6.54 Å². The highest BCUT2D eigenvalue weighted by Gasteiger charge is 2.08. The lowest BCUT2D eigenvalue weighted by molar-refractivity contribution is 0.624. The van der Waals surface area contributed by atoms with Gasteiger partial charge in [-0.2, -0.15) is 0 Å². The number of hydrogen-bond acceptors (Lipinski definition) is 0. The average molecular weight is 274 g/mol. The van der Waals surface area contributed by atoms with Gasteiger partial charge in [0.1, 0.15) is 5.82 Å². The van der Waals surface area contributed by atoms with Gasteiger partial charge in [-0.15, -0.1) is 0 Å². The van der Waals surface area contributed by atoms with Crippen LogP contribution in [0, 0.1) is 12.7 Å². The van der Waals surface area contributed by atoms with Crippen molar-refractivity contribution < 1.29 is 4.39 Å². The summed E-state index contributed by atoms with van der Waals surface area (Å²) >= 11 is 6.00. The summed E-state index contributed by atoms with van der Waals surface area (Å²) in [4.78, 5) is 0. The van der Waals surface area contributed by atoms with Gasteiger partial charge in [0, 0.05) is 23.6 Å². The van der Waals surface area contributed by atoms with Crippen LogP contribution >= 0.6 is 11.6 Å². The molecule has 0 amide bonds. The van der Waals surface area contributed by atoms with E-state index in [0.29, 0.717) is 6.54 Å². The number of nitrogens with zero attached hydrogens (tertiary/aromatic N) is 1. The molecule has 19 heavy (non-hydrogen) atoms. The molecule has 96 valence electrons. The van der Waals surface area contributed by atoms with E-state index in [1.54, 1.807) is 6.07 Å². The summed E-state index contributed by atoms with van der Waals surface area (Å²) in [5.74, 6) is -0.369. The van der Waals surface area contributed by atoms with Crippen molar-refractivity contribution in [2.24, 2.45) is 0 Å². The third kappa shape index (κ3) is 2.13. The van der Waals surface area contributed by atoms with E-state index in [-0.39, 0.29) is 10.8 Å². The molecule has 1 aromatic heterocycles. The van der Waals surface area contributed by atoms with Crippen LogP contribution in [0.25, 0.3) is 10.9 Å². The Balaban J connectivity index is 2.07. The lowest BCUT2D eigenvalue weighted by Crippen LogP contribution is -1.99. The minimum atomic E-state index is -0.369. The van der Waals surface area contributed by atoms with Crippen LogP contribution in [0.1, 0.15) is 11.1 Å². The predicted octanol–water partition coefficient (Wildman–Crippen LogP) is 4.79. The van der Waals surface area contributed by atoms with Crippen LogP contribution in [0.3, 0.4) is 0 Å². The molecule has 1 nitrogen and oxygen atoms in total. The summed E-state index contributed by atoms with van der Waals surface area (Å²) in [5, 5.41) is 1.42. The fourth-order valence-electron chi connectivity index (χ4n) is 2.37. The minimum Gasteiger partial charge on any atom is -0.343 e. The first-order valence-corrected chi connectivity index (χ1v) is 6.52. The van der Waals surface area contributed by atoms with E-state index in [1.807, 2.05) is 18.3 Å². The molecule has 0 spiro atoms. The molecule has 0 fully saturated rings. The summed E-state index contributed by atoms with van der Waals surface area (Å²) < 4.78 is 15.5. The van der Waals surface area contributed by atoms with E-state index < -0.39 is 0 Å². The molecule has 0 aliphatic carbocycles. The highest BCUT2D eigenvalue weighted by molar-refractivity contribution is 6.31. The number of aryl methyl sites for hydroxylation is 1. The van der Waals surface area contributed by atoms with Gasteiger partial charge in [-0.3, -0.25) is 0 Å². The molecule has 3 rings (SSSR count).